The summed E-state index contributed by atoms with van der Waals surface area (Å²) in [6.07, 6.45) is 1.77. The molecule has 0 fully saturated rings. The van der Waals surface area contributed by atoms with Gasteiger partial charge in [0.15, 0.2) is 4.80 Å². The Morgan fingerprint density at radius 2 is 2.00 bits per heavy atom. The summed E-state index contributed by atoms with van der Waals surface area (Å²) in [6, 6.07) is 10.6. The van der Waals surface area contributed by atoms with Crippen molar-refractivity contribution in [3.05, 3.63) is 69.4 Å². The summed E-state index contributed by atoms with van der Waals surface area (Å²) in [7, 11) is -0.864. The van der Waals surface area contributed by atoms with Crippen LogP contribution >= 0.6 is 22.9 Å². The normalized spacial score (nSPS) is 12.0. The molecule has 1 aromatic heterocycles. The van der Waals surface area contributed by atoms with Crippen LogP contribution in [0.4, 0.5) is 5.69 Å². The Hall–Kier alpha value is -2.62. The zero-order valence-corrected chi connectivity index (χ0v) is 17.3. The fraction of sp³-hybridized carbons (Fsp3) is 0.111. The number of aromatic nitrogens is 1. The number of carbonyl (C=O) groups is 1. The maximum atomic E-state index is 12.8. The van der Waals surface area contributed by atoms with Gasteiger partial charge in [0.05, 0.1) is 17.8 Å². The number of rotatable bonds is 5. The standard InChI is InChI=1S/C18H16ClN3O4S2/c1-22-9-10-27-18(22)20-17(23)12-7-8-13(19)16(11-12)28(24,25)21-14-5-3-4-6-15(14)26-2/h3-11,21H,1-2H3. The monoisotopic (exact) mass is 437 g/mol. The molecule has 0 unspecified atom stereocenters. The molecule has 0 aliphatic rings. The van der Waals surface area contributed by atoms with Crippen LogP contribution in [0.1, 0.15) is 10.4 Å². The molecule has 10 heteroatoms. The second-order valence-corrected chi connectivity index (χ2v) is 8.60. The average Bonchev–Trinajstić information content (AvgIpc) is 3.06. The number of sulfonamides is 1. The third-order valence-electron chi connectivity index (χ3n) is 3.78. The van der Waals surface area contributed by atoms with E-state index in [0.29, 0.717) is 10.6 Å². The van der Waals surface area contributed by atoms with E-state index < -0.39 is 15.9 Å². The second-order valence-electron chi connectivity index (χ2n) is 5.66. The molecule has 28 heavy (non-hydrogen) atoms. The largest absolute Gasteiger partial charge is 0.495 e. The third kappa shape index (κ3) is 4.27. The molecular weight excluding hydrogens is 422 g/mol. The van der Waals surface area contributed by atoms with Crippen molar-refractivity contribution in [2.45, 2.75) is 4.90 Å². The first-order chi connectivity index (χ1) is 13.3. The third-order valence-corrected chi connectivity index (χ3v) is 6.47. The highest BCUT2D eigenvalue weighted by Crippen LogP contribution is 2.29. The van der Waals surface area contributed by atoms with Gasteiger partial charge in [0, 0.05) is 24.2 Å². The van der Waals surface area contributed by atoms with Crippen molar-refractivity contribution in [2.75, 3.05) is 11.8 Å². The second kappa shape index (κ2) is 8.17. The summed E-state index contributed by atoms with van der Waals surface area (Å²) < 4.78 is 35.0. The Balaban J connectivity index is 1.99. The van der Waals surface area contributed by atoms with Crippen LogP contribution in [-0.4, -0.2) is 26.0 Å². The molecule has 2 aromatic carbocycles. The van der Waals surface area contributed by atoms with E-state index in [4.69, 9.17) is 16.3 Å². The van der Waals surface area contributed by atoms with Crippen molar-refractivity contribution in [3.8, 4) is 5.75 Å². The summed E-state index contributed by atoms with van der Waals surface area (Å²) in [5, 5.41) is 1.78. The van der Waals surface area contributed by atoms with Gasteiger partial charge >= 0.3 is 0 Å². The number of halogens is 1. The maximum Gasteiger partial charge on any atom is 0.279 e. The van der Waals surface area contributed by atoms with Gasteiger partial charge in [0.2, 0.25) is 0 Å². The van der Waals surface area contributed by atoms with Gasteiger partial charge in [0.1, 0.15) is 10.6 Å². The molecule has 1 amide bonds. The van der Waals surface area contributed by atoms with Gasteiger partial charge in [-0.2, -0.15) is 4.99 Å². The van der Waals surface area contributed by atoms with E-state index in [1.165, 1.54) is 36.6 Å². The molecule has 3 rings (SSSR count). The predicted octanol–water partition coefficient (Wildman–Crippen LogP) is 3.29. The van der Waals surface area contributed by atoms with E-state index in [1.54, 1.807) is 47.5 Å². The van der Waals surface area contributed by atoms with Crippen LogP contribution in [0, 0.1) is 0 Å². The number of amides is 1. The fourth-order valence-corrected chi connectivity index (χ4v) is 4.68. The molecule has 0 bridgehead atoms. The number of hydrogen-bond donors (Lipinski definition) is 1. The average molecular weight is 438 g/mol. The summed E-state index contributed by atoms with van der Waals surface area (Å²) in [5.41, 5.74) is 0.367. The molecule has 0 radical (unpaired) electrons. The van der Waals surface area contributed by atoms with Crippen molar-refractivity contribution in [1.29, 1.82) is 0 Å². The van der Waals surface area contributed by atoms with E-state index >= 15 is 0 Å². The number of ether oxygens (including phenoxy) is 1. The minimum Gasteiger partial charge on any atom is -0.495 e. The van der Waals surface area contributed by atoms with Crippen LogP contribution in [0.25, 0.3) is 0 Å². The molecule has 0 aliphatic heterocycles. The van der Waals surface area contributed by atoms with Crippen molar-refractivity contribution in [2.24, 2.45) is 12.0 Å². The minimum atomic E-state index is -4.06. The topological polar surface area (TPSA) is 89.8 Å². The molecule has 146 valence electrons. The molecule has 0 saturated carbocycles. The van der Waals surface area contributed by atoms with Crippen LogP contribution in [0.3, 0.4) is 0 Å². The zero-order valence-electron chi connectivity index (χ0n) is 14.9. The fourth-order valence-electron chi connectivity index (χ4n) is 2.36. The SMILES string of the molecule is COc1ccccc1NS(=O)(=O)c1cc(C(=O)N=c2sccn2C)ccc1Cl. The molecule has 3 aromatic rings. The number of benzene rings is 2. The highest BCUT2D eigenvalue weighted by molar-refractivity contribution is 7.92. The van der Waals surface area contributed by atoms with Crippen molar-refractivity contribution >= 4 is 44.6 Å². The van der Waals surface area contributed by atoms with E-state index in [-0.39, 0.29) is 21.2 Å². The zero-order chi connectivity index (χ0) is 20.3. The quantitative estimate of drug-likeness (QED) is 0.663. The summed E-state index contributed by atoms with van der Waals surface area (Å²) in [5.74, 6) is -0.210. The van der Waals surface area contributed by atoms with Gasteiger partial charge in [-0.1, -0.05) is 23.7 Å². The van der Waals surface area contributed by atoms with E-state index in [1.807, 2.05) is 0 Å². The summed E-state index contributed by atoms with van der Waals surface area (Å²) in [6.45, 7) is 0. The molecular formula is C18H16ClN3O4S2. The number of nitrogens with one attached hydrogen (secondary N) is 1. The van der Waals surface area contributed by atoms with Crippen LogP contribution in [-0.2, 0) is 17.1 Å². The van der Waals surface area contributed by atoms with Gasteiger partial charge in [-0.25, -0.2) is 8.42 Å². The first-order valence-electron chi connectivity index (χ1n) is 7.96. The highest BCUT2D eigenvalue weighted by Gasteiger charge is 2.21. The number of nitrogens with zero attached hydrogens (tertiary/aromatic N) is 2. The first kappa shape index (κ1) is 20.1. The summed E-state index contributed by atoms with van der Waals surface area (Å²) >= 11 is 7.40. The van der Waals surface area contributed by atoms with Crippen molar-refractivity contribution in [3.63, 3.8) is 0 Å². The Labute approximate surface area is 170 Å². The van der Waals surface area contributed by atoms with Crippen LogP contribution in [0.15, 0.2) is 63.9 Å². The van der Waals surface area contributed by atoms with Gasteiger partial charge in [-0.15, -0.1) is 11.3 Å². The van der Waals surface area contributed by atoms with Crippen LogP contribution in [0.5, 0.6) is 5.75 Å². The Kier molecular flexibility index (Phi) is 5.87. The van der Waals surface area contributed by atoms with Crippen LogP contribution < -0.4 is 14.3 Å². The number of anilines is 1. The van der Waals surface area contributed by atoms with E-state index in [9.17, 15) is 13.2 Å². The smallest absolute Gasteiger partial charge is 0.279 e. The molecule has 0 saturated heterocycles. The lowest BCUT2D eigenvalue weighted by molar-refractivity contribution is 0.0997. The Bertz CT molecular complexity index is 1200. The molecule has 0 spiro atoms. The molecule has 7 nitrogen and oxygen atoms in total. The number of thiazole rings is 1. The Morgan fingerprint density at radius 1 is 1.25 bits per heavy atom. The Morgan fingerprint density at radius 3 is 2.68 bits per heavy atom. The van der Waals surface area contributed by atoms with Crippen LogP contribution in [0.2, 0.25) is 5.02 Å². The number of carbonyl (C=O) groups excluding carboxylic acids is 1. The molecule has 1 heterocycles. The van der Waals surface area contributed by atoms with Gasteiger partial charge < -0.3 is 9.30 Å². The number of methoxy groups -OCH3 is 1. The van der Waals surface area contributed by atoms with E-state index in [2.05, 4.69) is 9.71 Å². The highest BCUT2D eigenvalue weighted by atomic mass is 35.5. The molecule has 1 N–H and O–H groups in total. The number of hydrogen-bond acceptors (Lipinski definition) is 5. The number of aryl methyl sites for hydroxylation is 1. The van der Waals surface area contributed by atoms with Gasteiger partial charge in [0.25, 0.3) is 15.9 Å². The lowest BCUT2D eigenvalue weighted by Crippen LogP contribution is -2.16. The van der Waals surface area contributed by atoms with Crippen molar-refractivity contribution in [1.82, 2.24) is 4.57 Å². The van der Waals surface area contributed by atoms with Crippen molar-refractivity contribution < 1.29 is 17.9 Å². The predicted molar refractivity (Wildman–Crippen MR) is 108 cm³/mol. The lowest BCUT2D eigenvalue weighted by atomic mass is 10.2. The van der Waals surface area contributed by atoms with E-state index in [0.717, 1.165) is 0 Å². The maximum absolute atomic E-state index is 12.8. The first-order valence-corrected chi connectivity index (χ1v) is 10.7. The lowest BCUT2D eigenvalue weighted by Gasteiger charge is -2.13. The molecule has 0 aliphatic carbocycles. The minimum absolute atomic E-state index is 0.0133. The molecule has 0 atom stereocenters. The van der Waals surface area contributed by atoms with Gasteiger partial charge in [-0.05, 0) is 30.3 Å². The number of para-hydroxylation sites is 2. The van der Waals surface area contributed by atoms with Gasteiger partial charge in [-0.3, -0.25) is 9.52 Å². The summed E-state index contributed by atoms with van der Waals surface area (Å²) in [4.78, 5) is 16.8.